The highest BCUT2D eigenvalue weighted by molar-refractivity contribution is 5.88. The van der Waals surface area contributed by atoms with E-state index in [1.54, 1.807) is 4.90 Å². The zero-order valence-electron chi connectivity index (χ0n) is 12.6. The Morgan fingerprint density at radius 3 is 2.11 bits per heavy atom. The van der Waals surface area contributed by atoms with E-state index in [-0.39, 0.29) is 22.7 Å². The molecular formula is C15H25NO3. The molecule has 2 rings (SSSR count). The highest BCUT2D eigenvalue weighted by Gasteiger charge is 2.69. The van der Waals surface area contributed by atoms with Crippen LogP contribution in [0.25, 0.3) is 0 Å². The Morgan fingerprint density at radius 1 is 1.16 bits per heavy atom. The number of hydrogen-bond acceptors (Lipinski definition) is 2. The molecule has 1 saturated heterocycles. The molecule has 1 heterocycles. The molecule has 4 heteroatoms. The van der Waals surface area contributed by atoms with Crippen molar-refractivity contribution in [1.82, 2.24) is 4.90 Å². The zero-order chi connectivity index (χ0) is 14.6. The molecule has 0 bridgehead atoms. The number of carboxylic acid groups (broad SMARTS) is 1. The van der Waals surface area contributed by atoms with Gasteiger partial charge in [0.15, 0.2) is 0 Å². The van der Waals surface area contributed by atoms with Gasteiger partial charge in [-0.3, -0.25) is 4.79 Å². The maximum Gasteiger partial charge on any atom is 0.326 e. The topological polar surface area (TPSA) is 57.6 Å². The van der Waals surface area contributed by atoms with Crippen LogP contribution in [0.3, 0.4) is 0 Å². The first kappa shape index (κ1) is 14.4. The molecule has 1 aliphatic heterocycles. The molecule has 1 N–H and O–H groups in total. The van der Waals surface area contributed by atoms with E-state index in [9.17, 15) is 14.7 Å². The lowest BCUT2D eigenvalue weighted by atomic mass is 9.91. The van der Waals surface area contributed by atoms with Gasteiger partial charge in [0.05, 0.1) is 0 Å². The number of amides is 1. The predicted octanol–water partition coefficient (Wildman–Crippen LogP) is 2.38. The van der Waals surface area contributed by atoms with Crippen LogP contribution in [0.2, 0.25) is 0 Å². The Hall–Kier alpha value is -1.06. The van der Waals surface area contributed by atoms with Gasteiger partial charge in [-0.05, 0) is 29.6 Å². The van der Waals surface area contributed by atoms with Crippen LogP contribution in [0.1, 0.15) is 47.5 Å². The van der Waals surface area contributed by atoms with Crippen LogP contribution in [-0.4, -0.2) is 34.5 Å². The third-order valence-electron chi connectivity index (χ3n) is 5.70. The third-order valence-corrected chi connectivity index (χ3v) is 5.70. The Balaban J connectivity index is 2.17. The molecule has 2 aliphatic rings. The standard InChI is InChI=1S/C15H25NO3/c1-9-6-7-16(10(8-9)13(18)19)12(17)11-14(2,3)15(11,4)5/h9-11H,6-8H2,1-5H3,(H,18,19). The van der Waals surface area contributed by atoms with E-state index in [1.165, 1.54) is 0 Å². The fourth-order valence-electron chi connectivity index (χ4n) is 3.62. The van der Waals surface area contributed by atoms with Crippen LogP contribution < -0.4 is 0 Å². The summed E-state index contributed by atoms with van der Waals surface area (Å²) in [5, 5.41) is 9.34. The van der Waals surface area contributed by atoms with E-state index in [4.69, 9.17) is 0 Å². The normalized spacial score (nSPS) is 33.0. The molecule has 2 unspecified atom stereocenters. The number of piperidine rings is 1. The van der Waals surface area contributed by atoms with Gasteiger partial charge in [-0.25, -0.2) is 4.79 Å². The molecule has 0 aromatic heterocycles. The van der Waals surface area contributed by atoms with Crippen molar-refractivity contribution in [2.24, 2.45) is 22.7 Å². The summed E-state index contributed by atoms with van der Waals surface area (Å²) >= 11 is 0. The molecule has 1 aliphatic carbocycles. The van der Waals surface area contributed by atoms with Gasteiger partial charge in [-0.1, -0.05) is 34.6 Å². The average molecular weight is 267 g/mol. The molecular weight excluding hydrogens is 242 g/mol. The summed E-state index contributed by atoms with van der Waals surface area (Å²) in [6.07, 6.45) is 1.48. The SMILES string of the molecule is CC1CCN(C(=O)C2C(C)(C)C2(C)C)C(C(=O)O)C1. The van der Waals surface area contributed by atoms with E-state index in [0.29, 0.717) is 18.9 Å². The molecule has 1 saturated carbocycles. The maximum atomic E-state index is 12.7. The van der Waals surface area contributed by atoms with Gasteiger partial charge in [-0.15, -0.1) is 0 Å². The third kappa shape index (κ3) is 2.05. The first-order chi connectivity index (χ1) is 8.60. The van der Waals surface area contributed by atoms with E-state index in [1.807, 2.05) is 0 Å². The molecule has 0 radical (unpaired) electrons. The lowest BCUT2D eigenvalue weighted by Crippen LogP contribution is -2.50. The number of nitrogens with zero attached hydrogens (tertiary/aromatic N) is 1. The maximum absolute atomic E-state index is 12.7. The number of likely N-dealkylation sites (tertiary alicyclic amines) is 1. The first-order valence-corrected chi connectivity index (χ1v) is 7.14. The monoisotopic (exact) mass is 267 g/mol. The average Bonchev–Trinajstić information content (AvgIpc) is 2.68. The lowest BCUT2D eigenvalue weighted by molar-refractivity contribution is -0.154. The summed E-state index contributed by atoms with van der Waals surface area (Å²) in [6, 6.07) is -0.636. The van der Waals surface area contributed by atoms with Gasteiger partial charge in [0, 0.05) is 12.5 Å². The Morgan fingerprint density at radius 2 is 1.68 bits per heavy atom. The number of carbonyl (C=O) groups excluding carboxylic acids is 1. The smallest absolute Gasteiger partial charge is 0.326 e. The van der Waals surface area contributed by atoms with Crippen LogP contribution >= 0.6 is 0 Å². The predicted molar refractivity (Wildman–Crippen MR) is 72.6 cm³/mol. The minimum absolute atomic E-state index is 0.0315. The highest BCUT2D eigenvalue weighted by Crippen LogP contribution is 2.69. The summed E-state index contributed by atoms with van der Waals surface area (Å²) in [7, 11) is 0. The molecule has 1 amide bonds. The van der Waals surface area contributed by atoms with E-state index in [0.717, 1.165) is 6.42 Å². The van der Waals surface area contributed by atoms with Gasteiger partial charge in [-0.2, -0.15) is 0 Å². The number of carbonyl (C=O) groups is 2. The highest BCUT2D eigenvalue weighted by atomic mass is 16.4. The summed E-state index contributed by atoms with van der Waals surface area (Å²) < 4.78 is 0. The van der Waals surface area contributed by atoms with E-state index >= 15 is 0 Å². The van der Waals surface area contributed by atoms with Gasteiger partial charge in [0.2, 0.25) is 5.91 Å². The number of aliphatic carboxylic acids is 1. The largest absolute Gasteiger partial charge is 0.480 e. The minimum Gasteiger partial charge on any atom is -0.480 e. The molecule has 108 valence electrons. The fourth-order valence-corrected chi connectivity index (χ4v) is 3.62. The summed E-state index contributed by atoms with van der Waals surface area (Å²) in [5.41, 5.74) is -0.0631. The van der Waals surface area contributed by atoms with Crippen molar-refractivity contribution in [3.05, 3.63) is 0 Å². The Kier molecular flexibility index (Phi) is 3.19. The Labute approximate surface area is 115 Å². The van der Waals surface area contributed by atoms with Gasteiger partial charge in [0.25, 0.3) is 0 Å². The minimum atomic E-state index is -0.865. The van der Waals surface area contributed by atoms with Gasteiger partial charge >= 0.3 is 5.97 Å². The van der Waals surface area contributed by atoms with Crippen LogP contribution in [0.5, 0.6) is 0 Å². The van der Waals surface area contributed by atoms with Gasteiger partial charge in [0.1, 0.15) is 6.04 Å². The molecule has 2 fully saturated rings. The van der Waals surface area contributed by atoms with Crippen molar-refractivity contribution in [1.29, 1.82) is 0 Å². The van der Waals surface area contributed by atoms with Crippen LogP contribution in [0, 0.1) is 22.7 Å². The second-order valence-corrected chi connectivity index (χ2v) is 7.39. The lowest BCUT2D eigenvalue weighted by Gasteiger charge is -2.36. The van der Waals surface area contributed by atoms with Crippen molar-refractivity contribution < 1.29 is 14.7 Å². The second kappa shape index (κ2) is 4.22. The fraction of sp³-hybridized carbons (Fsp3) is 0.867. The molecule has 0 aromatic rings. The number of carboxylic acids is 1. The van der Waals surface area contributed by atoms with E-state index < -0.39 is 12.0 Å². The quantitative estimate of drug-likeness (QED) is 0.835. The van der Waals surface area contributed by atoms with Crippen LogP contribution in [0.15, 0.2) is 0 Å². The Bertz CT molecular complexity index is 400. The van der Waals surface area contributed by atoms with Crippen molar-refractivity contribution >= 4 is 11.9 Å². The van der Waals surface area contributed by atoms with Gasteiger partial charge < -0.3 is 10.0 Å². The number of hydrogen-bond donors (Lipinski definition) is 1. The molecule has 2 atom stereocenters. The number of rotatable bonds is 2. The van der Waals surface area contributed by atoms with Crippen molar-refractivity contribution in [3.8, 4) is 0 Å². The van der Waals surface area contributed by atoms with Crippen molar-refractivity contribution in [3.63, 3.8) is 0 Å². The van der Waals surface area contributed by atoms with E-state index in [2.05, 4.69) is 34.6 Å². The second-order valence-electron chi connectivity index (χ2n) is 7.39. The zero-order valence-corrected chi connectivity index (χ0v) is 12.6. The summed E-state index contributed by atoms with van der Waals surface area (Å²) in [5.74, 6) is -0.494. The van der Waals surface area contributed by atoms with Crippen molar-refractivity contribution in [2.75, 3.05) is 6.54 Å². The molecule has 19 heavy (non-hydrogen) atoms. The first-order valence-electron chi connectivity index (χ1n) is 7.14. The van der Waals surface area contributed by atoms with Crippen molar-refractivity contribution in [2.45, 2.75) is 53.5 Å². The molecule has 0 aromatic carbocycles. The molecule has 4 nitrogen and oxygen atoms in total. The van der Waals surface area contributed by atoms with Crippen LogP contribution in [0.4, 0.5) is 0 Å². The summed E-state index contributed by atoms with van der Waals surface area (Å²) in [4.78, 5) is 25.7. The summed E-state index contributed by atoms with van der Waals surface area (Å²) in [6.45, 7) is 11.0. The van der Waals surface area contributed by atoms with Crippen LogP contribution in [-0.2, 0) is 9.59 Å². The molecule has 0 spiro atoms.